The van der Waals surface area contributed by atoms with Gasteiger partial charge in [-0.3, -0.25) is 0 Å². The standard InChI is InChI=1S/C12H9ClN4OS.C7H3Cl2N3.C5H7NOS.Na.H/c1-7-16-8(6-19-7)5-18-10-4-15-11-9(17-10)2-3-14-12(11)13;8-5-3-11-6-4(12-5)1-2-10-7(6)9;1-4-6-5(2-7)3-8-4;;/h2-4,6H,5H2,1H3;1-3H;3,7H,2H2,1H3;;/q;;;+1;-1. The molecule has 0 saturated heterocycles. The molecule has 0 bridgehead atoms. The largest absolute Gasteiger partial charge is 1.00 e. The van der Waals surface area contributed by atoms with Gasteiger partial charge in [0.1, 0.15) is 22.8 Å². The van der Waals surface area contributed by atoms with Crippen molar-refractivity contribution < 1.29 is 40.8 Å². The Bertz CT molecular complexity index is 1710. The Morgan fingerprint density at radius 3 is 1.85 bits per heavy atom. The summed E-state index contributed by atoms with van der Waals surface area (Å²) in [5, 5.41) is 15.4. The molecule has 6 aromatic heterocycles. The van der Waals surface area contributed by atoms with E-state index in [4.69, 9.17) is 44.6 Å². The van der Waals surface area contributed by atoms with Gasteiger partial charge in [-0.1, -0.05) is 34.8 Å². The van der Waals surface area contributed by atoms with Gasteiger partial charge >= 0.3 is 29.6 Å². The number of ether oxygens (including phenoxy) is 1. The van der Waals surface area contributed by atoms with Gasteiger partial charge in [-0.25, -0.2) is 39.9 Å². The van der Waals surface area contributed by atoms with Crippen molar-refractivity contribution in [3.05, 3.63) is 84.5 Å². The van der Waals surface area contributed by atoms with Crippen LogP contribution in [0.2, 0.25) is 15.5 Å². The Balaban J connectivity index is 0.000000230. The second-order valence-corrected chi connectivity index (χ2v) is 10.7. The molecule has 1 N–H and O–H groups in total. The predicted octanol–water partition coefficient (Wildman–Crippen LogP) is 3.41. The Morgan fingerprint density at radius 1 is 0.775 bits per heavy atom. The molecule has 0 amide bonds. The van der Waals surface area contributed by atoms with Crippen molar-refractivity contribution in [3.8, 4) is 5.88 Å². The molecular formula is C24H20Cl3N8NaO2S2. The molecule has 0 aliphatic carbocycles. The molecule has 0 saturated carbocycles. The Morgan fingerprint density at radius 2 is 1.32 bits per heavy atom. The first kappa shape index (κ1) is 32.4. The van der Waals surface area contributed by atoms with Gasteiger partial charge in [0.2, 0.25) is 5.88 Å². The Hall–Kier alpha value is -2.13. The molecule has 0 atom stereocenters. The number of fused-ring (bicyclic) bond motifs is 2. The van der Waals surface area contributed by atoms with Crippen LogP contribution in [0.25, 0.3) is 22.1 Å². The van der Waals surface area contributed by atoms with Crippen LogP contribution in [-0.2, 0) is 13.2 Å². The maximum Gasteiger partial charge on any atom is 1.00 e. The third kappa shape index (κ3) is 9.20. The molecule has 0 aromatic carbocycles. The summed E-state index contributed by atoms with van der Waals surface area (Å²) < 4.78 is 5.56. The molecule has 0 fully saturated rings. The average molecular weight is 646 g/mol. The molecule has 10 nitrogen and oxygen atoms in total. The van der Waals surface area contributed by atoms with E-state index in [9.17, 15) is 0 Å². The van der Waals surface area contributed by atoms with Gasteiger partial charge in [-0.2, -0.15) is 0 Å². The number of aromatic nitrogens is 8. The van der Waals surface area contributed by atoms with Crippen molar-refractivity contribution in [2.45, 2.75) is 27.1 Å². The van der Waals surface area contributed by atoms with Gasteiger partial charge in [0, 0.05) is 23.2 Å². The number of hydrogen-bond acceptors (Lipinski definition) is 12. The Kier molecular flexibility index (Phi) is 12.8. The van der Waals surface area contributed by atoms with E-state index >= 15 is 0 Å². The topological polar surface area (TPSA) is 133 Å². The van der Waals surface area contributed by atoms with E-state index in [0.717, 1.165) is 21.4 Å². The van der Waals surface area contributed by atoms with Crippen molar-refractivity contribution in [1.29, 1.82) is 0 Å². The fourth-order valence-corrected chi connectivity index (χ4v) is 4.70. The fraction of sp³-hybridized carbons (Fsp3) is 0.167. The summed E-state index contributed by atoms with van der Waals surface area (Å²) in [5.41, 5.74) is 4.11. The van der Waals surface area contributed by atoms with E-state index in [1.807, 2.05) is 24.6 Å². The summed E-state index contributed by atoms with van der Waals surface area (Å²) in [6.07, 6.45) is 6.13. The first-order valence-corrected chi connectivity index (χ1v) is 14.0. The number of aliphatic hydroxyl groups is 1. The number of rotatable bonds is 4. The van der Waals surface area contributed by atoms with Crippen LogP contribution < -0.4 is 34.3 Å². The molecule has 0 unspecified atom stereocenters. The third-order valence-corrected chi connectivity index (χ3v) is 7.02. The van der Waals surface area contributed by atoms with E-state index in [1.165, 1.54) is 12.4 Å². The summed E-state index contributed by atoms with van der Waals surface area (Å²) >= 11 is 20.5. The minimum absolute atomic E-state index is 0. The zero-order chi connectivity index (χ0) is 27.8. The number of aliphatic hydroxyl groups excluding tert-OH is 1. The molecule has 6 heterocycles. The van der Waals surface area contributed by atoms with Gasteiger partial charge in [0.15, 0.2) is 10.3 Å². The maximum atomic E-state index is 8.50. The summed E-state index contributed by atoms with van der Waals surface area (Å²) in [6, 6.07) is 3.45. The first-order valence-electron chi connectivity index (χ1n) is 11.1. The van der Waals surface area contributed by atoms with Crippen LogP contribution in [-0.4, -0.2) is 45.0 Å². The summed E-state index contributed by atoms with van der Waals surface area (Å²) in [4.78, 5) is 32.6. The van der Waals surface area contributed by atoms with Gasteiger partial charge in [0.05, 0.1) is 51.4 Å². The minimum Gasteiger partial charge on any atom is -1.00 e. The summed E-state index contributed by atoms with van der Waals surface area (Å²) in [6.45, 7) is 4.32. The zero-order valence-electron chi connectivity index (χ0n) is 22.4. The Labute approximate surface area is 275 Å². The molecule has 6 aromatic rings. The van der Waals surface area contributed by atoms with Crippen LogP contribution >= 0.6 is 57.5 Å². The van der Waals surface area contributed by atoms with Crippen LogP contribution in [0.5, 0.6) is 5.88 Å². The monoisotopic (exact) mass is 644 g/mol. The zero-order valence-corrected chi connectivity index (χ0v) is 27.3. The van der Waals surface area contributed by atoms with E-state index in [0.29, 0.717) is 50.0 Å². The predicted molar refractivity (Wildman–Crippen MR) is 155 cm³/mol. The summed E-state index contributed by atoms with van der Waals surface area (Å²) in [7, 11) is 0. The number of hydrogen-bond donors (Lipinski definition) is 1. The van der Waals surface area contributed by atoms with Gasteiger partial charge in [0.25, 0.3) is 0 Å². The SMILES string of the molecule is Cc1nc(CO)cs1.Cc1nc(COc2cnc3c(Cl)nccc3n2)cs1.Clc1cnc2c(Cl)nccc2n1.[H-].[Na+]. The van der Waals surface area contributed by atoms with Crippen LogP contribution in [0.15, 0.2) is 47.7 Å². The molecule has 0 aliphatic rings. The number of pyridine rings is 2. The minimum atomic E-state index is 0. The van der Waals surface area contributed by atoms with Crippen molar-refractivity contribution >= 4 is 79.5 Å². The summed E-state index contributed by atoms with van der Waals surface area (Å²) in [5.74, 6) is 0.445. The van der Waals surface area contributed by atoms with E-state index < -0.39 is 0 Å². The van der Waals surface area contributed by atoms with Crippen molar-refractivity contribution in [2.75, 3.05) is 0 Å². The van der Waals surface area contributed by atoms with Gasteiger partial charge in [-0.05, 0) is 26.0 Å². The second kappa shape index (κ2) is 15.8. The second-order valence-electron chi connectivity index (χ2n) is 7.50. The number of aryl methyl sites for hydroxylation is 2. The maximum absolute atomic E-state index is 8.50. The van der Waals surface area contributed by atoms with E-state index in [2.05, 4.69) is 39.9 Å². The number of nitrogens with zero attached hydrogens (tertiary/aromatic N) is 8. The molecule has 0 spiro atoms. The van der Waals surface area contributed by atoms with Crippen molar-refractivity contribution in [1.82, 2.24) is 39.9 Å². The molecule has 0 aliphatic heterocycles. The van der Waals surface area contributed by atoms with Gasteiger partial charge < -0.3 is 11.3 Å². The van der Waals surface area contributed by atoms with Crippen molar-refractivity contribution in [3.63, 3.8) is 0 Å². The van der Waals surface area contributed by atoms with E-state index in [-0.39, 0.29) is 37.6 Å². The van der Waals surface area contributed by atoms with Crippen LogP contribution in [0, 0.1) is 13.8 Å². The van der Waals surface area contributed by atoms with Crippen LogP contribution in [0.1, 0.15) is 22.8 Å². The molecular weight excluding hydrogens is 626 g/mol. The molecule has 6 rings (SSSR count). The molecule has 0 radical (unpaired) electrons. The van der Waals surface area contributed by atoms with Gasteiger partial charge in [-0.15, -0.1) is 22.7 Å². The number of halogens is 3. The third-order valence-electron chi connectivity index (χ3n) is 4.64. The molecule has 202 valence electrons. The fourth-order valence-electron chi connectivity index (χ4n) is 2.96. The van der Waals surface area contributed by atoms with Crippen LogP contribution in [0.3, 0.4) is 0 Å². The molecule has 40 heavy (non-hydrogen) atoms. The van der Waals surface area contributed by atoms with Crippen LogP contribution in [0.4, 0.5) is 0 Å². The molecule has 16 heteroatoms. The number of thiazole rings is 2. The first-order chi connectivity index (χ1) is 18.8. The quantitative estimate of drug-likeness (QED) is 0.225. The normalized spacial score (nSPS) is 10.2. The van der Waals surface area contributed by atoms with Crippen molar-refractivity contribution in [2.24, 2.45) is 0 Å². The van der Waals surface area contributed by atoms with E-state index in [1.54, 1.807) is 47.2 Å². The smallest absolute Gasteiger partial charge is 1.00 e. The average Bonchev–Trinajstić information content (AvgIpc) is 3.55.